The first-order chi connectivity index (χ1) is 9.60. The van der Waals surface area contributed by atoms with Crippen molar-refractivity contribution < 1.29 is 28.2 Å². The molecule has 0 saturated heterocycles. The summed E-state index contributed by atoms with van der Waals surface area (Å²) in [5.41, 5.74) is -0.851. The number of carboxylic acids is 1. The van der Waals surface area contributed by atoms with Crippen molar-refractivity contribution in [3.63, 3.8) is 0 Å². The highest BCUT2D eigenvalue weighted by atomic mass is 32.2. The average Bonchev–Trinajstić information content (AvgIpc) is 2.33. The molecular formula is C12H16N2O6S. The van der Waals surface area contributed by atoms with E-state index in [0.29, 0.717) is 0 Å². The molecule has 0 aliphatic carbocycles. The number of aromatic carboxylic acids is 1. The maximum absolute atomic E-state index is 11.7. The van der Waals surface area contributed by atoms with Crippen LogP contribution in [0, 0.1) is 0 Å². The smallest absolute Gasteiger partial charge is 0.335 e. The van der Waals surface area contributed by atoms with Crippen molar-refractivity contribution in [3.05, 3.63) is 23.9 Å². The minimum absolute atomic E-state index is 0.110. The number of hydrogen-bond acceptors (Lipinski definition) is 5. The summed E-state index contributed by atoms with van der Waals surface area (Å²) >= 11 is -2.55. The van der Waals surface area contributed by atoms with Crippen LogP contribution in [0.5, 0.6) is 0 Å². The van der Waals surface area contributed by atoms with Crippen LogP contribution in [-0.4, -0.2) is 42.9 Å². The van der Waals surface area contributed by atoms with Crippen LogP contribution in [0.15, 0.2) is 18.3 Å². The zero-order chi connectivity index (χ0) is 16.2. The highest BCUT2D eigenvalue weighted by Crippen LogP contribution is 2.15. The molecule has 1 atom stereocenters. The summed E-state index contributed by atoms with van der Waals surface area (Å²) in [7, 11) is 0. The number of carbonyl (C=O) groups is 2. The molecule has 0 spiro atoms. The number of anilines is 1. The van der Waals surface area contributed by atoms with Crippen LogP contribution < -0.4 is 4.31 Å². The molecule has 116 valence electrons. The normalized spacial score (nSPS) is 12.6. The Labute approximate surface area is 124 Å². The van der Waals surface area contributed by atoms with E-state index in [0.717, 1.165) is 10.4 Å². The van der Waals surface area contributed by atoms with Crippen LogP contribution >= 0.6 is 0 Å². The molecule has 0 aliphatic heterocycles. The molecule has 9 heteroatoms. The fraction of sp³-hybridized carbons (Fsp3) is 0.417. The maximum atomic E-state index is 11.7. The van der Waals surface area contributed by atoms with Crippen LogP contribution in [0.4, 0.5) is 5.82 Å². The minimum atomic E-state index is -2.55. The van der Waals surface area contributed by atoms with Gasteiger partial charge in [-0.25, -0.2) is 18.3 Å². The summed E-state index contributed by atoms with van der Waals surface area (Å²) in [4.78, 5) is 26.4. The maximum Gasteiger partial charge on any atom is 0.335 e. The molecule has 1 aromatic heterocycles. The number of pyridine rings is 1. The highest BCUT2D eigenvalue weighted by molar-refractivity contribution is 7.80. The SMILES string of the molecule is CC(C)(C)OC(=O)CN(c1cc(C(=O)O)ccn1)S(=O)O. The van der Waals surface area contributed by atoms with Gasteiger partial charge in [-0.05, 0) is 32.9 Å². The summed E-state index contributed by atoms with van der Waals surface area (Å²) in [5, 5.41) is 8.89. The molecule has 0 saturated carbocycles. The van der Waals surface area contributed by atoms with Gasteiger partial charge in [0.1, 0.15) is 18.0 Å². The van der Waals surface area contributed by atoms with Crippen molar-refractivity contribution in [2.24, 2.45) is 0 Å². The Morgan fingerprint density at radius 3 is 2.52 bits per heavy atom. The summed E-state index contributed by atoms with van der Waals surface area (Å²) < 4.78 is 26.4. The van der Waals surface area contributed by atoms with Crippen LogP contribution in [0.1, 0.15) is 31.1 Å². The second-order valence-corrected chi connectivity index (χ2v) is 5.96. The van der Waals surface area contributed by atoms with E-state index < -0.39 is 35.4 Å². The molecule has 1 aromatic rings. The van der Waals surface area contributed by atoms with Crippen LogP contribution in [-0.2, 0) is 20.8 Å². The topological polar surface area (TPSA) is 117 Å². The molecule has 21 heavy (non-hydrogen) atoms. The first kappa shape index (κ1) is 17.1. The Hall–Kier alpha value is -2.00. The van der Waals surface area contributed by atoms with Gasteiger partial charge in [0.05, 0.1) is 5.56 Å². The molecule has 2 N–H and O–H groups in total. The Morgan fingerprint density at radius 1 is 1.43 bits per heavy atom. The lowest BCUT2D eigenvalue weighted by molar-refractivity contribution is -0.152. The van der Waals surface area contributed by atoms with E-state index in [1.54, 1.807) is 20.8 Å². The minimum Gasteiger partial charge on any atom is -0.478 e. The van der Waals surface area contributed by atoms with Gasteiger partial charge in [-0.3, -0.25) is 9.35 Å². The predicted octanol–water partition coefficient (Wildman–Crippen LogP) is 1.06. The monoisotopic (exact) mass is 316 g/mol. The summed E-state index contributed by atoms with van der Waals surface area (Å²) in [6, 6.07) is 2.33. The molecule has 0 amide bonds. The van der Waals surface area contributed by atoms with E-state index in [9.17, 15) is 18.4 Å². The lowest BCUT2D eigenvalue weighted by Gasteiger charge is -2.23. The molecule has 0 aliphatic rings. The van der Waals surface area contributed by atoms with Gasteiger partial charge in [0.15, 0.2) is 0 Å². The number of carboxylic acid groups (broad SMARTS) is 1. The molecule has 0 bridgehead atoms. The summed E-state index contributed by atoms with van der Waals surface area (Å²) in [6.45, 7) is 4.45. The lowest BCUT2D eigenvalue weighted by Crippen LogP contribution is -2.36. The fourth-order valence-corrected chi connectivity index (χ4v) is 1.87. The Balaban J connectivity index is 2.97. The van der Waals surface area contributed by atoms with Gasteiger partial charge < -0.3 is 9.84 Å². The highest BCUT2D eigenvalue weighted by Gasteiger charge is 2.23. The zero-order valence-corrected chi connectivity index (χ0v) is 12.6. The molecule has 0 fully saturated rings. The predicted molar refractivity (Wildman–Crippen MR) is 75.2 cm³/mol. The number of esters is 1. The van der Waals surface area contributed by atoms with E-state index in [2.05, 4.69) is 4.98 Å². The standard InChI is InChI=1S/C12H16N2O6S/c1-12(2,3)20-10(15)7-14(21(18)19)9-6-8(11(16)17)4-5-13-9/h4-6H,7H2,1-3H3,(H,16,17)(H,18,19). The van der Waals surface area contributed by atoms with Crippen molar-refractivity contribution in [2.75, 3.05) is 10.8 Å². The molecule has 1 unspecified atom stereocenters. The van der Waals surface area contributed by atoms with Crippen molar-refractivity contribution in [2.45, 2.75) is 26.4 Å². The van der Waals surface area contributed by atoms with Crippen molar-refractivity contribution in [1.29, 1.82) is 0 Å². The van der Waals surface area contributed by atoms with Gasteiger partial charge in [0.2, 0.25) is 0 Å². The second kappa shape index (κ2) is 6.64. The number of rotatable bonds is 5. The third-order valence-corrected chi connectivity index (χ3v) is 2.82. The first-order valence-electron chi connectivity index (χ1n) is 5.90. The largest absolute Gasteiger partial charge is 0.478 e. The third kappa shape index (κ3) is 5.48. The van der Waals surface area contributed by atoms with Gasteiger partial charge >= 0.3 is 11.9 Å². The van der Waals surface area contributed by atoms with E-state index in [1.165, 1.54) is 12.3 Å². The Morgan fingerprint density at radius 2 is 2.05 bits per heavy atom. The van der Waals surface area contributed by atoms with Crippen LogP contribution in [0.3, 0.4) is 0 Å². The number of hydrogen-bond donors (Lipinski definition) is 2. The molecule has 8 nitrogen and oxygen atoms in total. The zero-order valence-electron chi connectivity index (χ0n) is 11.8. The second-order valence-electron chi connectivity index (χ2n) is 5.06. The van der Waals surface area contributed by atoms with Crippen molar-refractivity contribution >= 4 is 29.0 Å². The van der Waals surface area contributed by atoms with E-state index in [-0.39, 0.29) is 11.4 Å². The van der Waals surface area contributed by atoms with E-state index in [4.69, 9.17) is 9.84 Å². The molecule has 1 heterocycles. The van der Waals surface area contributed by atoms with Gasteiger partial charge in [-0.1, -0.05) is 0 Å². The first-order valence-corrected chi connectivity index (χ1v) is 6.96. The number of ether oxygens (including phenoxy) is 1. The van der Waals surface area contributed by atoms with Gasteiger partial charge in [-0.2, -0.15) is 0 Å². The molecule has 0 aromatic carbocycles. The van der Waals surface area contributed by atoms with E-state index >= 15 is 0 Å². The van der Waals surface area contributed by atoms with Crippen molar-refractivity contribution in [3.8, 4) is 0 Å². The summed E-state index contributed by atoms with van der Waals surface area (Å²) in [5.74, 6) is -2.05. The van der Waals surface area contributed by atoms with Crippen LogP contribution in [0.2, 0.25) is 0 Å². The Bertz CT molecular complexity index is 569. The number of nitrogens with zero attached hydrogens (tertiary/aromatic N) is 2. The molecular weight excluding hydrogens is 300 g/mol. The van der Waals surface area contributed by atoms with Crippen molar-refractivity contribution in [1.82, 2.24) is 4.98 Å². The quantitative estimate of drug-likeness (QED) is 0.616. The number of carbonyl (C=O) groups excluding carboxylic acids is 1. The lowest BCUT2D eigenvalue weighted by atomic mass is 10.2. The van der Waals surface area contributed by atoms with Crippen LogP contribution in [0.25, 0.3) is 0 Å². The molecule has 0 radical (unpaired) electrons. The number of aromatic nitrogens is 1. The van der Waals surface area contributed by atoms with E-state index in [1.807, 2.05) is 0 Å². The summed E-state index contributed by atoms with van der Waals surface area (Å²) in [6.07, 6.45) is 1.17. The fourth-order valence-electron chi connectivity index (χ4n) is 1.40. The Kier molecular flexibility index (Phi) is 5.39. The van der Waals surface area contributed by atoms with Gasteiger partial charge in [0.25, 0.3) is 11.3 Å². The molecule has 1 rings (SSSR count). The third-order valence-electron chi connectivity index (χ3n) is 2.13. The van der Waals surface area contributed by atoms with Gasteiger partial charge in [-0.15, -0.1) is 0 Å². The van der Waals surface area contributed by atoms with Gasteiger partial charge in [0, 0.05) is 6.20 Å². The average molecular weight is 316 g/mol.